The molecule has 0 aromatic heterocycles. The van der Waals surface area contributed by atoms with Crippen molar-refractivity contribution < 1.29 is 9.63 Å². The van der Waals surface area contributed by atoms with E-state index < -0.39 is 0 Å². The summed E-state index contributed by atoms with van der Waals surface area (Å²) in [4.78, 5) is 17.0. The van der Waals surface area contributed by atoms with Crippen molar-refractivity contribution in [1.82, 2.24) is 10.8 Å². The number of nitrogens with one attached hydrogen (secondary N) is 2. The van der Waals surface area contributed by atoms with Crippen LogP contribution in [-0.4, -0.2) is 25.1 Å². The van der Waals surface area contributed by atoms with Crippen LogP contribution in [0.25, 0.3) is 0 Å². The normalized spacial score (nSPS) is 33.1. The van der Waals surface area contributed by atoms with Crippen molar-refractivity contribution in [2.45, 2.75) is 39.2 Å². The number of hydrogen-bond donors (Lipinski definition) is 2. The van der Waals surface area contributed by atoms with Crippen LogP contribution in [0.1, 0.15) is 33.1 Å². The van der Waals surface area contributed by atoms with E-state index in [0.717, 1.165) is 6.54 Å². The third-order valence-electron chi connectivity index (χ3n) is 3.62. The van der Waals surface area contributed by atoms with Gasteiger partial charge in [0.15, 0.2) is 0 Å². The largest absolute Gasteiger partial charge is 0.305 e. The summed E-state index contributed by atoms with van der Waals surface area (Å²) in [5, 5.41) is 3.30. The Bertz CT molecular complexity index is 255. The zero-order valence-corrected chi connectivity index (χ0v) is 10.2. The first-order valence-corrected chi connectivity index (χ1v) is 6.33. The molecule has 2 aliphatic rings. The van der Waals surface area contributed by atoms with Gasteiger partial charge in [-0.1, -0.05) is 20.3 Å². The molecule has 3 unspecified atom stereocenters. The van der Waals surface area contributed by atoms with Gasteiger partial charge in [-0.25, -0.2) is 5.48 Å². The predicted molar refractivity (Wildman–Crippen MR) is 61.6 cm³/mol. The third kappa shape index (κ3) is 2.55. The van der Waals surface area contributed by atoms with E-state index in [2.05, 4.69) is 24.6 Å². The quantitative estimate of drug-likeness (QED) is 0.705. The Morgan fingerprint density at radius 3 is 3.06 bits per heavy atom. The molecular weight excluding hydrogens is 204 g/mol. The van der Waals surface area contributed by atoms with Gasteiger partial charge in [-0.15, -0.1) is 0 Å². The molecule has 1 saturated carbocycles. The molecule has 16 heavy (non-hydrogen) atoms. The average molecular weight is 226 g/mol. The first-order chi connectivity index (χ1) is 7.68. The van der Waals surface area contributed by atoms with Crippen LogP contribution in [0.2, 0.25) is 0 Å². The second-order valence-electron chi connectivity index (χ2n) is 5.41. The molecule has 1 aliphatic heterocycles. The van der Waals surface area contributed by atoms with Gasteiger partial charge in [-0.2, -0.15) is 0 Å². The minimum absolute atomic E-state index is 0.00931. The predicted octanol–water partition coefficient (Wildman–Crippen LogP) is 1.08. The summed E-state index contributed by atoms with van der Waals surface area (Å²) in [7, 11) is 0. The highest BCUT2D eigenvalue weighted by Gasteiger charge is 2.42. The van der Waals surface area contributed by atoms with Crippen molar-refractivity contribution in [1.29, 1.82) is 0 Å². The molecule has 1 heterocycles. The zero-order chi connectivity index (χ0) is 11.5. The van der Waals surface area contributed by atoms with Crippen LogP contribution in [0.3, 0.4) is 0 Å². The van der Waals surface area contributed by atoms with Crippen LogP contribution < -0.4 is 10.8 Å². The van der Waals surface area contributed by atoms with Gasteiger partial charge >= 0.3 is 0 Å². The fourth-order valence-electron chi connectivity index (χ4n) is 2.82. The minimum Gasteiger partial charge on any atom is -0.305 e. The summed E-state index contributed by atoms with van der Waals surface area (Å²) in [6.45, 7) is 5.69. The molecule has 0 radical (unpaired) electrons. The lowest BCUT2D eigenvalue weighted by Crippen LogP contribution is -2.44. The van der Waals surface area contributed by atoms with E-state index in [4.69, 9.17) is 4.84 Å². The van der Waals surface area contributed by atoms with Crippen LogP contribution in [0.15, 0.2) is 0 Å². The maximum absolute atomic E-state index is 11.9. The van der Waals surface area contributed by atoms with Gasteiger partial charge in [0.25, 0.3) is 5.91 Å². The molecule has 1 amide bonds. The number of hydrogen-bond acceptors (Lipinski definition) is 3. The van der Waals surface area contributed by atoms with E-state index >= 15 is 0 Å². The van der Waals surface area contributed by atoms with Crippen molar-refractivity contribution in [3.05, 3.63) is 0 Å². The van der Waals surface area contributed by atoms with Crippen molar-refractivity contribution >= 4 is 5.91 Å². The smallest absolute Gasteiger partial charge is 0.260 e. The fourth-order valence-corrected chi connectivity index (χ4v) is 2.82. The molecule has 0 aromatic rings. The lowest BCUT2D eigenvalue weighted by atomic mass is 9.94. The first kappa shape index (κ1) is 11.9. The Morgan fingerprint density at radius 2 is 2.31 bits per heavy atom. The average Bonchev–Trinajstić information content (AvgIpc) is 2.76. The highest BCUT2D eigenvalue weighted by atomic mass is 16.7. The summed E-state index contributed by atoms with van der Waals surface area (Å²) in [6.07, 6.45) is 3.72. The lowest BCUT2D eigenvalue weighted by Gasteiger charge is -2.17. The number of fused-ring (bicyclic) bond motifs is 1. The van der Waals surface area contributed by atoms with Gasteiger partial charge in [0, 0.05) is 0 Å². The SMILES string of the molecule is CC(C)CONC(=O)C1NCC2CCCC21. The second-order valence-corrected chi connectivity index (χ2v) is 5.41. The van der Waals surface area contributed by atoms with Crippen LogP contribution in [0.5, 0.6) is 0 Å². The number of amides is 1. The molecule has 2 N–H and O–H groups in total. The summed E-state index contributed by atoms with van der Waals surface area (Å²) in [6, 6.07) is -0.0281. The Kier molecular flexibility index (Phi) is 3.82. The van der Waals surface area contributed by atoms with Gasteiger partial charge in [0.05, 0.1) is 12.6 Å². The van der Waals surface area contributed by atoms with Gasteiger partial charge in [-0.05, 0) is 37.1 Å². The van der Waals surface area contributed by atoms with Crippen LogP contribution >= 0.6 is 0 Å². The monoisotopic (exact) mass is 226 g/mol. The molecule has 4 nitrogen and oxygen atoms in total. The van der Waals surface area contributed by atoms with Gasteiger partial charge in [0.1, 0.15) is 0 Å². The third-order valence-corrected chi connectivity index (χ3v) is 3.62. The molecule has 4 heteroatoms. The summed E-state index contributed by atoms with van der Waals surface area (Å²) in [5.41, 5.74) is 2.57. The van der Waals surface area contributed by atoms with Gasteiger partial charge < -0.3 is 5.32 Å². The highest BCUT2D eigenvalue weighted by molar-refractivity contribution is 5.81. The Hall–Kier alpha value is -0.610. The summed E-state index contributed by atoms with van der Waals surface area (Å²) < 4.78 is 0. The van der Waals surface area contributed by atoms with E-state index in [1.165, 1.54) is 19.3 Å². The lowest BCUT2D eigenvalue weighted by molar-refractivity contribution is -0.137. The summed E-state index contributed by atoms with van der Waals surface area (Å²) >= 11 is 0. The molecule has 0 aromatic carbocycles. The van der Waals surface area contributed by atoms with Crippen molar-refractivity contribution in [2.24, 2.45) is 17.8 Å². The molecule has 1 aliphatic carbocycles. The topological polar surface area (TPSA) is 50.4 Å². The Balaban J connectivity index is 1.77. The van der Waals surface area contributed by atoms with Crippen LogP contribution in [0.4, 0.5) is 0 Å². The first-order valence-electron chi connectivity index (χ1n) is 6.33. The zero-order valence-electron chi connectivity index (χ0n) is 10.2. The molecule has 0 spiro atoms. The number of hydroxylamine groups is 1. The molecule has 0 bridgehead atoms. The molecule has 2 rings (SSSR count). The minimum atomic E-state index is -0.0281. The van der Waals surface area contributed by atoms with Crippen LogP contribution in [-0.2, 0) is 9.63 Å². The van der Waals surface area contributed by atoms with E-state index in [0.29, 0.717) is 24.4 Å². The van der Waals surface area contributed by atoms with Crippen molar-refractivity contribution in [3.63, 3.8) is 0 Å². The van der Waals surface area contributed by atoms with Gasteiger partial charge in [0.2, 0.25) is 0 Å². The molecule has 92 valence electrons. The summed E-state index contributed by atoms with van der Waals surface area (Å²) in [5.74, 6) is 1.69. The molecule has 2 fully saturated rings. The maximum Gasteiger partial charge on any atom is 0.260 e. The van der Waals surface area contributed by atoms with Gasteiger partial charge in [-0.3, -0.25) is 9.63 Å². The second kappa shape index (κ2) is 5.15. The standard InChI is InChI=1S/C12H22N2O2/c1-8(2)7-16-14-12(15)11-10-5-3-4-9(10)6-13-11/h8-11,13H,3-7H2,1-2H3,(H,14,15). The van der Waals surface area contributed by atoms with E-state index in [9.17, 15) is 4.79 Å². The van der Waals surface area contributed by atoms with Crippen LogP contribution in [0, 0.1) is 17.8 Å². The highest BCUT2D eigenvalue weighted by Crippen LogP contribution is 2.37. The van der Waals surface area contributed by atoms with Crippen molar-refractivity contribution in [2.75, 3.05) is 13.2 Å². The molecular formula is C12H22N2O2. The van der Waals surface area contributed by atoms with Crippen molar-refractivity contribution in [3.8, 4) is 0 Å². The number of rotatable bonds is 4. The number of carbonyl (C=O) groups excluding carboxylic acids is 1. The maximum atomic E-state index is 11.9. The Labute approximate surface area is 97.1 Å². The Morgan fingerprint density at radius 1 is 1.50 bits per heavy atom. The number of carbonyl (C=O) groups is 1. The molecule has 3 atom stereocenters. The van der Waals surface area contributed by atoms with E-state index in [1.54, 1.807) is 0 Å². The van der Waals surface area contributed by atoms with E-state index in [1.807, 2.05) is 0 Å². The van der Waals surface area contributed by atoms with E-state index in [-0.39, 0.29) is 11.9 Å². The fraction of sp³-hybridized carbons (Fsp3) is 0.917. The molecule has 1 saturated heterocycles.